The van der Waals surface area contributed by atoms with Crippen LogP contribution in [-0.2, 0) is 0 Å². The molecule has 0 aliphatic carbocycles. The third-order valence-electron chi connectivity index (χ3n) is 4.69. The molecule has 0 spiro atoms. The molecule has 0 bridgehead atoms. The number of hydrogen-bond donors (Lipinski definition) is 2. The highest BCUT2D eigenvalue weighted by Crippen LogP contribution is 2.34. The summed E-state index contributed by atoms with van der Waals surface area (Å²) in [7, 11) is 0. The topological polar surface area (TPSA) is 69.4 Å². The fourth-order valence-corrected chi connectivity index (χ4v) is 4.05. The first-order valence-electron chi connectivity index (χ1n) is 9.65. The van der Waals surface area contributed by atoms with Crippen LogP contribution in [-0.4, -0.2) is 29.1 Å². The molecule has 0 saturated heterocycles. The molecule has 2 N–H and O–H groups in total. The minimum atomic E-state index is -0.302. The maximum absolute atomic E-state index is 13.2. The second-order valence-corrected chi connectivity index (χ2v) is 8.36. The predicted molar refractivity (Wildman–Crippen MR) is 119 cm³/mol. The van der Waals surface area contributed by atoms with Crippen molar-refractivity contribution in [3.05, 3.63) is 70.5 Å². The second-order valence-electron chi connectivity index (χ2n) is 7.50. The molecule has 1 aliphatic rings. The monoisotopic (exact) mass is 423 g/mol. The standard InChI is InChI=1S/C23H22FN3O2S/c1-14(2)12-29-18-9-7-17(8-10-18)27-11-20(28)21(22(27)25)23-26-19(13-30-23)15-3-5-16(24)6-4-15/h3-10,13-14,25,28H,11-12H2,1-2H3. The maximum Gasteiger partial charge on any atom is 0.139 e. The molecule has 2 aromatic carbocycles. The van der Waals surface area contributed by atoms with Crippen LogP contribution in [0.2, 0.25) is 0 Å². The third kappa shape index (κ3) is 4.07. The number of nitrogens with one attached hydrogen (secondary N) is 1. The van der Waals surface area contributed by atoms with E-state index < -0.39 is 0 Å². The molecule has 1 aromatic heterocycles. The predicted octanol–water partition coefficient (Wildman–Crippen LogP) is 5.75. The van der Waals surface area contributed by atoms with Crippen molar-refractivity contribution in [2.24, 2.45) is 5.92 Å². The molecule has 2 heterocycles. The lowest BCUT2D eigenvalue weighted by atomic mass is 10.2. The van der Waals surface area contributed by atoms with E-state index in [9.17, 15) is 9.50 Å². The van der Waals surface area contributed by atoms with Crippen LogP contribution in [0.4, 0.5) is 10.1 Å². The van der Waals surface area contributed by atoms with Crippen molar-refractivity contribution >= 4 is 28.4 Å². The molecule has 4 rings (SSSR count). The van der Waals surface area contributed by atoms with Gasteiger partial charge < -0.3 is 14.7 Å². The number of aromatic nitrogens is 1. The Balaban J connectivity index is 1.52. The van der Waals surface area contributed by atoms with Crippen LogP contribution < -0.4 is 9.64 Å². The van der Waals surface area contributed by atoms with E-state index in [2.05, 4.69) is 18.8 Å². The van der Waals surface area contributed by atoms with Gasteiger partial charge in [-0.1, -0.05) is 13.8 Å². The number of nitrogens with zero attached hydrogens (tertiary/aromatic N) is 2. The zero-order valence-electron chi connectivity index (χ0n) is 16.7. The highest BCUT2D eigenvalue weighted by atomic mass is 32.1. The Kier molecular flexibility index (Phi) is 5.55. The van der Waals surface area contributed by atoms with E-state index in [1.165, 1.54) is 23.5 Å². The molecule has 0 amide bonds. The van der Waals surface area contributed by atoms with Crippen molar-refractivity contribution in [3.8, 4) is 17.0 Å². The van der Waals surface area contributed by atoms with E-state index in [1.54, 1.807) is 17.0 Å². The van der Waals surface area contributed by atoms with Crippen molar-refractivity contribution in [1.29, 1.82) is 5.41 Å². The molecule has 30 heavy (non-hydrogen) atoms. The summed E-state index contributed by atoms with van der Waals surface area (Å²) in [5.74, 6) is 1.23. The van der Waals surface area contributed by atoms with Crippen LogP contribution in [0.5, 0.6) is 5.75 Å². The minimum Gasteiger partial charge on any atom is -0.510 e. The molecular weight excluding hydrogens is 401 g/mol. The first kappa shape index (κ1) is 20.1. The smallest absolute Gasteiger partial charge is 0.139 e. The second kappa shape index (κ2) is 8.28. The number of aliphatic hydroxyl groups excluding tert-OH is 1. The quantitative estimate of drug-likeness (QED) is 0.530. The van der Waals surface area contributed by atoms with Gasteiger partial charge >= 0.3 is 0 Å². The van der Waals surface area contributed by atoms with Crippen LogP contribution in [0.3, 0.4) is 0 Å². The first-order valence-corrected chi connectivity index (χ1v) is 10.5. The normalized spacial score (nSPS) is 14.1. The number of rotatable bonds is 6. The van der Waals surface area contributed by atoms with Gasteiger partial charge in [-0.3, -0.25) is 5.41 Å². The third-order valence-corrected chi connectivity index (χ3v) is 5.55. The number of benzene rings is 2. The lowest BCUT2D eigenvalue weighted by Crippen LogP contribution is -2.25. The summed E-state index contributed by atoms with van der Waals surface area (Å²) in [6, 6.07) is 13.6. The number of halogens is 1. The van der Waals surface area contributed by atoms with E-state index in [0.717, 1.165) is 17.0 Å². The summed E-state index contributed by atoms with van der Waals surface area (Å²) >= 11 is 1.35. The Hall–Kier alpha value is -3.19. The molecule has 7 heteroatoms. The Bertz CT molecular complexity index is 1090. The molecule has 5 nitrogen and oxygen atoms in total. The Morgan fingerprint density at radius 1 is 1.17 bits per heavy atom. The van der Waals surface area contributed by atoms with E-state index in [4.69, 9.17) is 10.1 Å². The van der Waals surface area contributed by atoms with Gasteiger partial charge in [-0.15, -0.1) is 11.3 Å². The van der Waals surface area contributed by atoms with Crippen molar-refractivity contribution in [1.82, 2.24) is 4.98 Å². The van der Waals surface area contributed by atoms with Gasteiger partial charge in [-0.2, -0.15) is 0 Å². The van der Waals surface area contributed by atoms with Crippen molar-refractivity contribution in [2.45, 2.75) is 13.8 Å². The average molecular weight is 424 g/mol. The number of aliphatic hydroxyl groups is 1. The molecule has 0 unspecified atom stereocenters. The summed E-state index contributed by atoms with van der Waals surface area (Å²) in [5, 5.41) is 21.6. The van der Waals surface area contributed by atoms with Crippen molar-refractivity contribution in [3.63, 3.8) is 0 Å². The SMILES string of the molecule is CC(C)COc1ccc(N2CC(O)=C(c3nc(-c4ccc(F)cc4)cs3)C2=N)cc1. The zero-order chi connectivity index (χ0) is 21.3. The van der Waals surface area contributed by atoms with Crippen LogP contribution in [0.25, 0.3) is 16.8 Å². The van der Waals surface area contributed by atoms with Crippen LogP contribution in [0.15, 0.2) is 59.7 Å². The lowest BCUT2D eigenvalue weighted by molar-refractivity contribution is 0.271. The maximum atomic E-state index is 13.2. The average Bonchev–Trinajstić information content (AvgIpc) is 3.31. The summed E-state index contributed by atoms with van der Waals surface area (Å²) in [5.41, 5.74) is 2.70. The van der Waals surface area contributed by atoms with Crippen LogP contribution in [0.1, 0.15) is 18.9 Å². The summed E-state index contributed by atoms with van der Waals surface area (Å²) in [4.78, 5) is 6.30. The minimum absolute atomic E-state index is 0.111. The first-order chi connectivity index (χ1) is 14.4. The van der Waals surface area contributed by atoms with Gasteiger partial charge in [0.05, 0.1) is 24.4 Å². The molecular formula is C23H22FN3O2S. The number of ether oxygens (including phenoxy) is 1. The Morgan fingerprint density at radius 2 is 1.87 bits per heavy atom. The summed E-state index contributed by atoms with van der Waals surface area (Å²) in [6.07, 6.45) is 0. The van der Waals surface area contributed by atoms with Crippen molar-refractivity contribution < 1.29 is 14.2 Å². The molecule has 0 atom stereocenters. The van der Waals surface area contributed by atoms with E-state index in [-0.39, 0.29) is 24.0 Å². The molecule has 1 aliphatic heterocycles. The van der Waals surface area contributed by atoms with Gasteiger partial charge in [0.25, 0.3) is 0 Å². The number of anilines is 1. The Labute approximate surface area is 178 Å². The Morgan fingerprint density at radius 3 is 2.53 bits per heavy atom. The van der Waals surface area contributed by atoms with Gasteiger partial charge in [0.2, 0.25) is 0 Å². The molecule has 0 saturated carbocycles. The van der Waals surface area contributed by atoms with Crippen molar-refractivity contribution in [2.75, 3.05) is 18.1 Å². The number of hydrogen-bond acceptors (Lipinski definition) is 5. The molecule has 0 radical (unpaired) electrons. The largest absolute Gasteiger partial charge is 0.510 e. The van der Waals surface area contributed by atoms with E-state index in [1.807, 2.05) is 29.6 Å². The lowest BCUT2D eigenvalue weighted by Gasteiger charge is -2.19. The summed E-state index contributed by atoms with van der Waals surface area (Å²) < 4.78 is 18.9. The molecule has 154 valence electrons. The number of amidine groups is 1. The highest BCUT2D eigenvalue weighted by Gasteiger charge is 2.31. The fraction of sp³-hybridized carbons (Fsp3) is 0.217. The van der Waals surface area contributed by atoms with E-state index >= 15 is 0 Å². The van der Waals surface area contributed by atoms with Gasteiger partial charge in [0.15, 0.2) is 0 Å². The molecule has 0 fully saturated rings. The number of thiazole rings is 1. The van der Waals surface area contributed by atoms with Gasteiger partial charge in [0.1, 0.15) is 28.2 Å². The van der Waals surface area contributed by atoms with Crippen LogP contribution >= 0.6 is 11.3 Å². The van der Waals surface area contributed by atoms with Gasteiger partial charge in [-0.05, 0) is 54.4 Å². The highest BCUT2D eigenvalue weighted by molar-refractivity contribution is 7.11. The fourth-order valence-electron chi connectivity index (χ4n) is 3.15. The zero-order valence-corrected chi connectivity index (χ0v) is 17.5. The van der Waals surface area contributed by atoms with E-state index in [0.29, 0.717) is 28.8 Å². The van der Waals surface area contributed by atoms with Gasteiger partial charge in [-0.25, -0.2) is 9.37 Å². The van der Waals surface area contributed by atoms with Crippen LogP contribution in [0, 0.1) is 17.1 Å². The van der Waals surface area contributed by atoms with Gasteiger partial charge in [0, 0.05) is 16.6 Å². The summed E-state index contributed by atoms with van der Waals surface area (Å²) in [6.45, 7) is 5.05. The molecule has 3 aromatic rings.